The van der Waals surface area contributed by atoms with Crippen LogP contribution in [-0.2, 0) is 10.0 Å². The van der Waals surface area contributed by atoms with E-state index in [4.69, 9.17) is 0 Å². The standard InChI is InChI=1S/C14H17N3O3S/c1-2-17-21(19,20)10-9-16-14(18)13-12-6-4-3-5-11(12)7-8-15-13/h3-8,17H,2,9-10H2,1H3,(H,16,18). The number of carbonyl (C=O) groups is 1. The zero-order chi connectivity index (χ0) is 15.3. The van der Waals surface area contributed by atoms with E-state index in [1.807, 2.05) is 30.3 Å². The number of pyridine rings is 1. The average molecular weight is 307 g/mol. The lowest BCUT2D eigenvalue weighted by Gasteiger charge is -2.08. The topological polar surface area (TPSA) is 88.2 Å². The molecule has 112 valence electrons. The SMILES string of the molecule is CCNS(=O)(=O)CCNC(=O)c1nccc2ccccc12. The van der Waals surface area contributed by atoms with Crippen molar-refractivity contribution in [2.45, 2.75) is 6.92 Å². The van der Waals surface area contributed by atoms with E-state index in [1.165, 1.54) is 0 Å². The number of aromatic nitrogens is 1. The summed E-state index contributed by atoms with van der Waals surface area (Å²) in [6, 6.07) is 9.24. The van der Waals surface area contributed by atoms with Gasteiger partial charge in [-0.05, 0) is 11.5 Å². The largest absolute Gasteiger partial charge is 0.350 e. The van der Waals surface area contributed by atoms with Gasteiger partial charge in [-0.3, -0.25) is 9.78 Å². The molecule has 0 fully saturated rings. The maximum atomic E-state index is 12.1. The third-order valence-electron chi connectivity index (χ3n) is 2.91. The van der Waals surface area contributed by atoms with Crippen LogP contribution in [0, 0.1) is 0 Å². The van der Waals surface area contributed by atoms with Crippen LogP contribution >= 0.6 is 0 Å². The van der Waals surface area contributed by atoms with Crippen LogP contribution in [0.25, 0.3) is 10.8 Å². The van der Waals surface area contributed by atoms with Crippen LogP contribution in [0.1, 0.15) is 17.4 Å². The van der Waals surface area contributed by atoms with E-state index in [0.717, 1.165) is 10.8 Å². The summed E-state index contributed by atoms with van der Waals surface area (Å²) in [6.07, 6.45) is 1.56. The monoisotopic (exact) mass is 307 g/mol. The molecular weight excluding hydrogens is 290 g/mol. The number of sulfonamides is 1. The quantitative estimate of drug-likeness (QED) is 0.830. The zero-order valence-electron chi connectivity index (χ0n) is 11.7. The fourth-order valence-corrected chi connectivity index (χ4v) is 2.93. The summed E-state index contributed by atoms with van der Waals surface area (Å²) >= 11 is 0. The van der Waals surface area contributed by atoms with Crippen molar-refractivity contribution in [2.75, 3.05) is 18.8 Å². The summed E-state index contributed by atoms with van der Waals surface area (Å²) in [5.74, 6) is -0.532. The van der Waals surface area contributed by atoms with Crippen LogP contribution in [0.2, 0.25) is 0 Å². The van der Waals surface area contributed by atoms with Gasteiger partial charge in [-0.15, -0.1) is 0 Å². The first-order valence-corrected chi connectivity index (χ1v) is 8.28. The van der Waals surface area contributed by atoms with Crippen LogP contribution in [0.5, 0.6) is 0 Å². The molecule has 0 radical (unpaired) electrons. The first-order chi connectivity index (χ1) is 10.0. The summed E-state index contributed by atoms with van der Waals surface area (Å²) in [6.45, 7) is 2.08. The van der Waals surface area contributed by atoms with Crippen molar-refractivity contribution in [1.82, 2.24) is 15.0 Å². The Morgan fingerprint density at radius 1 is 1.24 bits per heavy atom. The summed E-state index contributed by atoms with van der Waals surface area (Å²) < 4.78 is 25.3. The van der Waals surface area contributed by atoms with Crippen molar-refractivity contribution < 1.29 is 13.2 Å². The lowest BCUT2D eigenvalue weighted by molar-refractivity contribution is 0.0953. The molecule has 21 heavy (non-hydrogen) atoms. The smallest absolute Gasteiger partial charge is 0.270 e. The van der Waals surface area contributed by atoms with E-state index in [0.29, 0.717) is 12.2 Å². The molecule has 0 aliphatic heterocycles. The van der Waals surface area contributed by atoms with Crippen LogP contribution in [0.3, 0.4) is 0 Å². The van der Waals surface area contributed by atoms with E-state index in [2.05, 4.69) is 15.0 Å². The van der Waals surface area contributed by atoms with E-state index in [9.17, 15) is 13.2 Å². The number of nitrogens with zero attached hydrogens (tertiary/aromatic N) is 1. The minimum absolute atomic E-state index is 0.0407. The van der Waals surface area contributed by atoms with Crippen molar-refractivity contribution in [1.29, 1.82) is 0 Å². The maximum Gasteiger partial charge on any atom is 0.270 e. The third kappa shape index (κ3) is 3.99. The van der Waals surface area contributed by atoms with Gasteiger partial charge in [0.15, 0.2) is 0 Å². The van der Waals surface area contributed by atoms with E-state index >= 15 is 0 Å². The summed E-state index contributed by atoms with van der Waals surface area (Å²) in [4.78, 5) is 16.2. The lowest BCUT2D eigenvalue weighted by atomic mass is 10.1. The zero-order valence-corrected chi connectivity index (χ0v) is 12.5. The number of hydrogen-bond acceptors (Lipinski definition) is 4. The van der Waals surface area contributed by atoms with E-state index < -0.39 is 10.0 Å². The fraction of sp³-hybridized carbons (Fsp3) is 0.286. The number of carbonyl (C=O) groups excluding carboxylic acids is 1. The molecule has 7 heteroatoms. The molecule has 0 atom stereocenters. The highest BCUT2D eigenvalue weighted by Crippen LogP contribution is 2.15. The van der Waals surface area contributed by atoms with Gasteiger partial charge in [0, 0.05) is 24.7 Å². The number of nitrogens with one attached hydrogen (secondary N) is 2. The summed E-state index contributed by atoms with van der Waals surface area (Å²) in [7, 11) is -3.34. The van der Waals surface area contributed by atoms with Gasteiger partial charge < -0.3 is 5.32 Å². The van der Waals surface area contributed by atoms with Gasteiger partial charge in [-0.25, -0.2) is 13.1 Å². The van der Waals surface area contributed by atoms with Gasteiger partial charge in [-0.2, -0.15) is 0 Å². The first-order valence-electron chi connectivity index (χ1n) is 6.63. The van der Waals surface area contributed by atoms with E-state index in [1.54, 1.807) is 13.1 Å². The van der Waals surface area contributed by atoms with Crippen LogP contribution in [0.15, 0.2) is 36.5 Å². The molecule has 0 spiro atoms. The Hall–Kier alpha value is -1.99. The molecule has 1 heterocycles. The molecule has 2 N–H and O–H groups in total. The van der Waals surface area contributed by atoms with Crippen LogP contribution in [0.4, 0.5) is 0 Å². The summed E-state index contributed by atoms with van der Waals surface area (Å²) in [5.41, 5.74) is 0.300. The van der Waals surface area contributed by atoms with Crippen molar-refractivity contribution in [3.8, 4) is 0 Å². The highest BCUT2D eigenvalue weighted by Gasteiger charge is 2.13. The van der Waals surface area contributed by atoms with Gasteiger partial charge >= 0.3 is 0 Å². The number of rotatable bonds is 6. The molecule has 0 saturated heterocycles. The Morgan fingerprint density at radius 2 is 2.00 bits per heavy atom. The van der Waals surface area contributed by atoms with Crippen molar-refractivity contribution in [3.63, 3.8) is 0 Å². The Bertz CT molecular complexity index is 739. The molecular formula is C14H17N3O3S. The van der Waals surface area contributed by atoms with E-state index in [-0.39, 0.29) is 18.2 Å². The minimum Gasteiger partial charge on any atom is -0.350 e. The Labute approximate surface area is 123 Å². The maximum absolute atomic E-state index is 12.1. The third-order valence-corrected chi connectivity index (χ3v) is 4.38. The highest BCUT2D eigenvalue weighted by atomic mass is 32.2. The minimum atomic E-state index is -3.34. The number of amides is 1. The van der Waals surface area contributed by atoms with Gasteiger partial charge in [0.2, 0.25) is 10.0 Å². The second kappa shape index (κ2) is 6.64. The van der Waals surface area contributed by atoms with Crippen molar-refractivity contribution >= 4 is 26.7 Å². The average Bonchev–Trinajstić information content (AvgIpc) is 2.46. The highest BCUT2D eigenvalue weighted by molar-refractivity contribution is 7.89. The molecule has 1 aromatic heterocycles. The Balaban J connectivity index is 2.06. The Kier molecular flexibility index (Phi) is 4.87. The number of hydrogen-bond donors (Lipinski definition) is 2. The predicted molar refractivity (Wildman–Crippen MR) is 81.5 cm³/mol. The van der Waals surface area contributed by atoms with Gasteiger partial charge in [-0.1, -0.05) is 31.2 Å². The second-order valence-electron chi connectivity index (χ2n) is 4.45. The molecule has 0 aliphatic carbocycles. The Morgan fingerprint density at radius 3 is 2.76 bits per heavy atom. The molecule has 0 aliphatic rings. The number of fused-ring (bicyclic) bond motifs is 1. The van der Waals surface area contributed by atoms with Gasteiger partial charge in [0.1, 0.15) is 5.69 Å². The molecule has 0 unspecified atom stereocenters. The van der Waals surface area contributed by atoms with Gasteiger partial charge in [0.25, 0.3) is 5.91 Å². The molecule has 0 saturated carbocycles. The molecule has 0 bridgehead atoms. The van der Waals surface area contributed by atoms with Crippen LogP contribution < -0.4 is 10.0 Å². The molecule has 1 amide bonds. The molecule has 1 aromatic carbocycles. The molecule has 2 aromatic rings. The normalized spacial score (nSPS) is 11.5. The van der Waals surface area contributed by atoms with Crippen molar-refractivity contribution in [2.24, 2.45) is 0 Å². The fourth-order valence-electron chi connectivity index (χ4n) is 1.98. The van der Waals surface area contributed by atoms with Crippen molar-refractivity contribution in [3.05, 3.63) is 42.2 Å². The second-order valence-corrected chi connectivity index (χ2v) is 6.38. The predicted octanol–water partition coefficient (Wildman–Crippen LogP) is 0.904. The molecule has 2 rings (SSSR count). The summed E-state index contributed by atoms with van der Waals surface area (Å²) in [5, 5.41) is 4.24. The van der Waals surface area contributed by atoms with Crippen LogP contribution in [-0.4, -0.2) is 38.2 Å². The first kappa shape index (κ1) is 15.4. The lowest BCUT2D eigenvalue weighted by Crippen LogP contribution is -2.34. The molecule has 6 nitrogen and oxygen atoms in total. The number of benzene rings is 1. The van der Waals surface area contributed by atoms with Gasteiger partial charge in [0.05, 0.1) is 5.75 Å².